The topological polar surface area (TPSA) is 78.9 Å². The predicted molar refractivity (Wildman–Crippen MR) is 134 cm³/mol. The molecule has 2 bridgehead atoms. The van der Waals surface area contributed by atoms with Crippen LogP contribution < -0.4 is 10.1 Å². The standard InChI is InChI=1S/C28H38N2O4/c1-4-13-30-14-6-5-7-15-34-25-12-11-23(27(31)29-26(20(2)3)28(32)33)18-24(25)17-21-9-8-10-22(16-21)19-30/h8-12,16,18,20,26H,4-7,13-15,17,19H2,1-3H3,(H,29,31)(H,32,33). The lowest BCUT2D eigenvalue weighted by molar-refractivity contribution is -0.140. The number of nitrogens with one attached hydrogen (secondary N) is 1. The molecule has 1 amide bonds. The molecule has 1 unspecified atom stereocenters. The maximum absolute atomic E-state index is 12.9. The second-order valence-electron chi connectivity index (χ2n) is 9.54. The van der Waals surface area contributed by atoms with E-state index in [9.17, 15) is 14.7 Å². The Kier molecular flexibility index (Phi) is 9.52. The molecule has 2 N–H and O–H groups in total. The molecule has 34 heavy (non-hydrogen) atoms. The smallest absolute Gasteiger partial charge is 0.326 e. The highest BCUT2D eigenvalue weighted by atomic mass is 16.5. The van der Waals surface area contributed by atoms with E-state index in [-0.39, 0.29) is 11.8 Å². The van der Waals surface area contributed by atoms with Gasteiger partial charge in [-0.1, -0.05) is 45.0 Å². The number of nitrogens with zero attached hydrogens (tertiary/aromatic N) is 1. The van der Waals surface area contributed by atoms with Crippen molar-refractivity contribution in [2.75, 3.05) is 19.7 Å². The van der Waals surface area contributed by atoms with Crippen molar-refractivity contribution in [1.29, 1.82) is 0 Å². The van der Waals surface area contributed by atoms with Gasteiger partial charge in [0.25, 0.3) is 5.91 Å². The van der Waals surface area contributed by atoms with Crippen LogP contribution in [-0.4, -0.2) is 47.6 Å². The number of ether oxygens (including phenoxy) is 1. The van der Waals surface area contributed by atoms with E-state index in [0.717, 1.165) is 56.6 Å². The van der Waals surface area contributed by atoms with Crippen LogP contribution in [0.25, 0.3) is 0 Å². The van der Waals surface area contributed by atoms with E-state index in [1.165, 1.54) is 11.1 Å². The number of hydrogen-bond donors (Lipinski definition) is 2. The lowest BCUT2D eigenvalue weighted by Gasteiger charge is -2.23. The molecular weight excluding hydrogens is 428 g/mol. The van der Waals surface area contributed by atoms with Crippen molar-refractivity contribution in [1.82, 2.24) is 10.2 Å². The fourth-order valence-electron chi connectivity index (χ4n) is 4.44. The average Bonchev–Trinajstić information content (AvgIpc) is 2.79. The third-order valence-corrected chi connectivity index (χ3v) is 6.25. The van der Waals surface area contributed by atoms with E-state index in [4.69, 9.17) is 4.74 Å². The zero-order valence-electron chi connectivity index (χ0n) is 20.7. The molecule has 1 aliphatic heterocycles. The van der Waals surface area contributed by atoms with Gasteiger partial charge < -0.3 is 15.2 Å². The number of hydrogen-bond acceptors (Lipinski definition) is 4. The molecular formula is C28H38N2O4. The van der Waals surface area contributed by atoms with Crippen LogP contribution in [0.4, 0.5) is 0 Å². The van der Waals surface area contributed by atoms with Crippen LogP contribution in [0, 0.1) is 5.92 Å². The zero-order valence-corrected chi connectivity index (χ0v) is 20.7. The van der Waals surface area contributed by atoms with Gasteiger partial charge in [0.1, 0.15) is 11.8 Å². The first kappa shape index (κ1) is 25.8. The van der Waals surface area contributed by atoms with Crippen LogP contribution in [0.5, 0.6) is 5.75 Å². The second kappa shape index (κ2) is 12.6. The average molecular weight is 467 g/mol. The number of fused-ring (bicyclic) bond motifs is 3. The van der Waals surface area contributed by atoms with Crippen molar-refractivity contribution in [3.8, 4) is 5.75 Å². The van der Waals surface area contributed by atoms with Crippen LogP contribution in [0.1, 0.15) is 73.5 Å². The van der Waals surface area contributed by atoms with Gasteiger partial charge in [-0.05, 0) is 79.6 Å². The molecule has 0 spiro atoms. The molecule has 6 heteroatoms. The molecule has 2 aromatic rings. The maximum Gasteiger partial charge on any atom is 0.326 e. The van der Waals surface area contributed by atoms with Crippen LogP contribution in [0.3, 0.4) is 0 Å². The first-order chi connectivity index (χ1) is 16.4. The largest absolute Gasteiger partial charge is 0.493 e. The Labute approximate surface area is 203 Å². The van der Waals surface area contributed by atoms with Crippen molar-refractivity contribution < 1.29 is 19.4 Å². The maximum atomic E-state index is 12.9. The molecule has 1 heterocycles. The van der Waals surface area contributed by atoms with E-state index in [1.807, 2.05) is 12.1 Å². The van der Waals surface area contributed by atoms with E-state index >= 15 is 0 Å². The summed E-state index contributed by atoms with van der Waals surface area (Å²) in [4.78, 5) is 26.9. The van der Waals surface area contributed by atoms with Gasteiger partial charge in [0, 0.05) is 18.5 Å². The Morgan fingerprint density at radius 1 is 1.09 bits per heavy atom. The van der Waals surface area contributed by atoms with Gasteiger partial charge in [-0.25, -0.2) is 4.79 Å². The van der Waals surface area contributed by atoms with E-state index in [1.54, 1.807) is 19.9 Å². The Bertz CT molecular complexity index is 973. The van der Waals surface area contributed by atoms with Gasteiger partial charge in [0.2, 0.25) is 0 Å². The van der Waals surface area contributed by atoms with Gasteiger partial charge in [-0.3, -0.25) is 9.69 Å². The zero-order chi connectivity index (χ0) is 24.5. The summed E-state index contributed by atoms with van der Waals surface area (Å²) in [7, 11) is 0. The molecule has 0 radical (unpaired) electrons. The fourth-order valence-corrected chi connectivity index (χ4v) is 4.44. The summed E-state index contributed by atoms with van der Waals surface area (Å²) in [6.07, 6.45) is 5.03. The highest BCUT2D eigenvalue weighted by Crippen LogP contribution is 2.25. The Morgan fingerprint density at radius 2 is 1.88 bits per heavy atom. The van der Waals surface area contributed by atoms with E-state index in [2.05, 4.69) is 41.4 Å². The number of carbonyl (C=O) groups excluding carboxylic acids is 1. The van der Waals surface area contributed by atoms with Crippen LogP contribution in [0.2, 0.25) is 0 Å². The van der Waals surface area contributed by atoms with Crippen molar-refractivity contribution in [3.05, 3.63) is 64.7 Å². The molecule has 0 saturated heterocycles. The SMILES string of the molecule is CCCN1CCCCCOc2ccc(C(=O)NC(C(=O)O)C(C)C)cc2Cc2cccc(c2)C1. The number of amides is 1. The number of rotatable bonds is 6. The summed E-state index contributed by atoms with van der Waals surface area (Å²) >= 11 is 0. The van der Waals surface area contributed by atoms with E-state index < -0.39 is 12.0 Å². The lowest BCUT2D eigenvalue weighted by atomic mass is 9.99. The first-order valence-electron chi connectivity index (χ1n) is 12.5. The molecule has 184 valence electrons. The summed E-state index contributed by atoms with van der Waals surface area (Å²) in [5.74, 6) is -0.839. The normalized spacial score (nSPS) is 16.1. The summed E-state index contributed by atoms with van der Waals surface area (Å²) in [5, 5.41) is 12.1. The fraction of sp³-hybridized carbons (Fsp3) is 0.500. The van der Waals surface area contributed by atoms with E-state index in [0.29, 0.717) is 18.6 Å². The third kappa shape index (κ3) is 7.32. The molecule has 0 aliphatic carbocycles. The summed E-state index contributed by atoms with van der Waals surface area (Å²) in [6.45, 7) is 9.56. The van der Waals surface area contributed by atoms with Crippen molar-refractivity contribution in [3.63, 3.8) is 0 Å². The molecule has 1 aliphatic rings. The van der Waals surface area contributed by atoms with Gasteiger partial charge in [0.15, 0.2) is 0 Å². The minimum atomic E-state index is -1.03. The Balaban J connectivity index is 1.88. The van der Waals surface area contributed by atoms with Gasteiger partial charge >= 0.3 is 5.97 Å². The Morgan fingerprint density at radius 3 is 2.62 bits per heavy atom. The van der Waals surface area contributed by atoms with Crippen LogP contribution in [0.15, 0.2) is 42.5 Å². The summed E-state index contributed by atoms with van der Waals surface area (Å²) in [6, 6.07) is 13.1. The minimum absolute atomic E-state index is 0.211. The minimum Gasteiger partial charge on any atom is -0.493 e. The van der Waals surface area contributed by atoms with Gasteiger partial charge in [-0.2, -0.15) is 0 Å². The lowest BCUT2D eigenvalue weighted by Crippen LogP contribution is -2.44. The summed E-state index contributed by atoms with van der Waals surface area (Å²) in [5.41, 5.74) is 3.84. The van der Waals surface area contributed by atoms with Crippen molar-refractivity contribution >= 4 is 11.9 Å². The quantitative estimate of drug-likeness (QED) is 0.634. The Hall–Kier alpha value is -2.86. The summed E-state index contributed by atoms with van der Waals surface area (Å²) < 4.78 is 6.13. The van der Waals surface area contributed by atoms with Gasteiger partial charge in [0.05, 0.1) is 6.61 Å². The predicted octanol–water partition coefficient (Wildman–Crippen LogP) is 4.89. The number of carboxylic acids is 1. The monoisotopic (exact) mass is 466 g/mol. The molecule has 0 fully saturated rings. The first-order valence-corrected chi connectivity index (χ1v) is 12.5. The highest BCUT2D eigenvalue weighted by molar-refractivity contribution is 5.97. The van der Waals surface area contributed by atoms with Crippen molar-refractivity contribution in [2.45, 2.75) is 65.5 Å². The number of carbonyl (C=O) groups is 2. The highest BCUT2D eigenvalue weighted by Gasteiger charge is 2.24. The molecule has 0 saturated carbocycles. The molecule has 3 rings (SSSR count). The number of aliphatic carboxylic acids is 1. The van der Waals surface area contributed by atoms with Crippen LogP contribution in [-0.2, 0) is 17.8 Å². The third-order valence-electron chi connectivity index (χ3n) is 6.25. The molecule has 1 atom stereocenters. The molecule has 2 aromatic carbocycles. The number of benzene rings is 2. The van der Waals surface area contributed by atoms with Crippen LogP contribution >= 0.6 is 0 Å². The number of carboxylic acid groups (broad SMARTS) is 1. The molecule has 0 aromatic heterocycles. The second-order valence-corrected chi connectivity index (χ2v) is 9.54. The van der Waals surface area contributed by atoms with Gasteiger partial charge in [-0.15, -0.1) is 0 Å². The molecule has 6 nitrogen and oxygen atoms in total. The van der Waals surface area contributed by atoms with Crippen molar-refractivity contribution in [2.24, 2.45) is 5.92 Å².